The van der Waals surface area contributed by atoms with Crippen LogP contribution in [-0.2, 0) is 0 Å². The minimum atomic E-state index is 0.852. The van der Waals surface area contributed by atoms with Gasteiger partial charge in [-0.05, 0) is 132 Å². The summed E-state index contributed by atoms with van der Waals surface area (Å²) in [5.74, 6) is 0. The van der Waals surface area contributed by atoms with Crippen LogP contribution in [0.2, 0.25) is 0 Å². The van der Waals surface area contributed by atoms with E-state index in [-0.39, 0.29) is 0 Å². The molecule has 14 aromatic carbocycles. The van der Waals surface area contributed by atoms with E-state index in [2.05, 4.69) is 301 Å². The minimum absolute atomic E-state index is 0.852. The molecule has 3 heteroatoms. The standard InChI is InChI=1S/C76H48N2O/c1-2-19-55-48-56(39-38-49(55)16-1)52-36-34-50(35-37-52)51-40-42-57(43-41-51)77(72-47-45-65(60-28-13-20-53-17-3-5-22-58(53)60)76-75(72)67-27-10-12-33-73(67)79-76)70-46-44-62(61-24-7-8-25-63(61)70)64-29-15-32-71-74(64)66-26-9-11-30-69(66)78(71)68-31-14-21-54-18-4-6-23-59(54)68/h1-48H. The average Bonchev–Trinajstić information content (AvgIpc) is 4.25. The summed E-state index contributed by atoms with van der Waals surface area (Å²) in [5.41, 5.74) is 17.7. The lowest BCUT2D eigenvalue weighted by atomic mass is 9.92. The van der Waals surface area contributed by atoms with E-state index in [0.29, 0.717) is 0 Å². The molecule has 368 valence electrons. The fourth-order valence-corrected chi connectivity index (χ4v) is 12.7. The number of hydrogen-bond donors (Lipinski definition) is 0. The molecule has 0 spiro atoms. The molecule has 16 rings (SSSR count). The molecule has 2 heterocycles. The number of furan rings is 1. The van der Waals surface area contributed by atoms with Gasteiger partial charge >= 0.3 is 0 Å². The highest BCUT2D eigenvalue weighted by Crippen LogP contribution is 2.50. The van der Waals surface area contributed by atoms with Crippen LogP contribution in [0.25, 0.3) is 137 Å². The van der Waals surface area contributed by atoms with Gasteiger partial charge in [-0.15, -0.1) is 0 Å². The van der Waals surface area contributed by atoms with Gasteiger partial charge in [0, 0.05) is 38.2 Å². The molecule has 0 aliphatic carbocycles. The number of rotatable bonds is 8. The Kier molecular flexibility index (Phi) is 10.3. The van der Waals surface area contributed by atoms with Crippen molar-refractivity contribution in [2.24, 2.45) is 0 Å². The van der Waals surface area contributed by atoms with Gasteiger partial charge < -0.3 is 13.9 Å². The Morgan fingerprint density at radius 2 is 0.797 bits per heavy atom. The molecule has 3 nitrogen and oxygen atoms in total. The summed E-state index contributed by atoms with van der Waals surface area (Å²) in [6, 6.07) is 106. The largest absolute Gasteiger partial charge is 0.455 e. The molecule has 0 aliphatic heterocycles. The molecular formula is C76H48N2O. The molecule has 0 saturated carbocycles. The van der Waals surface area contributed by atoms with Gasteiger partial charge in [-0.25, -0.2) is 0 Å². The van der Waals surface area contributed by atoms with Crippen LogP contribution in [0.1, 0.15) is 0 Å². The quantitative estimate of drug-likeness (QED) is 0.151. The molecule has 0 unspecified atom stereocenters. The van der Waals surface area contributed by atoms with E-state index in [0.717, 1.165) is 66.6 Å². The van der Waals surface area contributed by atoms with Crippen molar-refractivity contribution < 1.29 is 4.42 Å². The van der Waals surface area contributed by atoms with Gasteiger partial charge in [-0.2, -0.15) is 0 Å². The van der Waals surface area contributed by atoms with Gasteiger partial charge in [-0.1, -0.05) is 231 Å². The van der Waals surface area contributed by atoms with E-state index < -0.39 is 0 Å². The summed E-state index contributed by atoms with van der Waals surface area (Å²) in [6.45, 7) is 0. The van der Waals surface area contributed by atoms with E-state index in [1.807, 2.05) is 0 Å². The monoisotopic (exact) mass is 1000 g/mol. The van der Waals surface area contributed by atoms with Crippen molar-refractivity contribution in [1.29, 1.82) is 0 Å². The zero-order valence-corrected chi connectivity index (χ0v) is 43.0. The van der Waals surface area contributed by atoms with Crippen molar-refractivity contribution in [2.45, 2.75) is 0 Å². The maximum atomic E-state index is 7.06. The molecule has 0 aliphatic rings. The molecule has 0 saturated heterocycles. The van der Waals surface area contributed by atoms with Gasteiger partial charge in [0.15, 0.2) is 0 Å². The van der Waals surface area contributed by atoms with Crippen LogP contribution in [0.5, 0.6) is 0 Å². The normalized spacial score (nSPS) is 11.8. The van der Waals surface area contributed by atoms with Crippen LogP contribution < -0.4 is 4.90 Å². The number of nitrogens with zero attached hydrogens (tertiary/aromatic N) is 2. The Labute approximate surface area is 456 Å². The molecule has 0 bridgehead atoms. The van der Waals surface area contributed by atoms with Crippen LogP contribution in [0.4, 0.5) is 17.1 Å². The van der Waals surface area contributed by atoms with Crippen molar-refractivity contribution in [3.8, 4) is 50.2 Å². The van der Waals surface area contributed by atoms with Gasteiger partial charge in [-0.3, -0.25) is 0 Å². The smallest absolute Gasteiger partial charge is 0.145 e. The molecule has 0 N–H and O–H groups in total. The van der Waals surface area contributed by atoms with Gasteiger partial charge in [0.1, 0.15) is 11.2 Å². The second-order valence-electron chi connectivity index (χ2n) is 20.7. The predicted octanol–water partition coefficient (Wildman–Crippen LogP) is 21.4. The maximum Gasteiger partial charge on any atom is 0.145 e. The number of fused-ring (bicyclic) bond motifs is 10. The van der Waals surface area contributed by atoms with E-state index in [9.17, 15) is 0 Å². The Bertz CT molecular complexity index is 5070. The Morgan fingerprint density at radius 3 is 1.59 bits per heavy atom. The number of hydrogen-bond acceptors (Lipinski definition) is 2. The van der Waals surface area contributed by atoms with Crippen molar-refractivity contribution in [1.82, 2.24) is 4.57 Å². The van der Waals surface area contributed by atoms with Crippen LogP contribution in [0.3, 0.4) is 0 Å². The summed E-state index contributed by atoms with van der Waals surface area (Å²) in [5, 5.41) is 14.2. The highest BCUT2D eigenvalue weighted by Gasteiger charge is 2.26. The first-order valence-corrected chi connectivity index (χ1v) is 27.1. The zero-order valence-electron chi connectivity index (χ0n) is 43.0. The van der Waals surface area contributed by atoms with E-state index >= 15 is 0 Å². The number of aromatic nitrogens is 1. The molecule has 0 radical (unpaired) electrons. The summed E-state index contributed by atoms with van der Waals surface area (Å²) in [6.07, 6.45) is 0. The topological polar surface area (TPSA) is 21.3 Å². The lowest BCUT2D eigenvalue weighted by Crippen LogP contribution is -2.11. The van der Waals surface area contributed by atoms with Crippen molar-refractivity contribution in [3.63, 3.8) is 0 Å². The summed E-state index contributed by atoms with van der Waals surface area (Å²) in [7, 11) is 0. The lowest BCUT2D eigenvalue weighted by molar-refractivity contribution is 0.670. The molecule has 0 fully saturated rings. The minimum Gasteiger partial charge on any atom is -0.455 e. The molecule has 0 amide bonds. The Balaban J connectivity index is 0.896. The zero-order chi connectivity index (χ0) is 52.0. The predicted molar refractivity (Wildman–Crippen MR) is 335 cm³/mol. The third-order valence-corrected chi connectivity index (χ3v) is 16.4. The van der Waals surface area contributed by atoms with Crippen LogP contribution >= 0.6 is 0 Å². The molecule has 0 atom stereocenters. The lowest BCUT2D eigenvalue weighted by Gasteiger charge is -2.29. The third-order valence-electron chi connectivity index (χ3n) is 16.4. The van der Waals surface area contributed by atoms with E-state index in [1.54, 1.807) is 0 Å². The van der Waals surface area contributed by atoms with E-state index in [1.165, 1.54) is 87.5 Å². The number of anilines is 3. The Morgan fingerprint density at radius 1 is 0.278 bits per heavy atom. The molecule has 16 aromatic rings. The second kappa shape index (κ2) is 18.1. The van der Waals surface area contributed by atoms with Gasteiger partial charge in [0.05, 0.1) is 33.5 Å². The number of benzene rings is 14. The van der Waals surface area contributed by atoms with Gasteiger partial charge in [0.2, 0.25) is 0 Å². The first kappa shape index (κ1) is 44.8. The highest BCUT2D eigenvalue weighted by molar-refractivity contribution is 6.22. The second-order valence-corrected chi connectivity index (χ2v) is 20.7. The van der Waals surface area contributed by atoms with Crippen LogP contribution in [0, 0.1) is 0 Å². The van der Waals surface area contributed by atoms with Gasteiger partial charge in [0.25, 0.3) is 0 Å². The van der Waals surface area contributed by atoms with Crippen molar-refractivity contribution in [3.05, 3.63) is 291 Å². The first-order chi connectivity index (χ1) is 39.2. The molecular weight excluding hydrogens is 957 g/mol. The SMILES string of the molecule is c1ccc2cc(-c3ccc(-c4ccc(N(c5ccc(-c6cccc7c6c6ccccc6n7-c6cccc7ccccc67)c6ccccc56)c5ccc(-c6cccc7ccccc67)c6oc7ccccc7c56)cc4)cc3)ccc2c1. The highest BCUT2D eigenvalue weighted by atomic mass is 16.3. The van der Waals surface area contributed by atoms with Crippen LogP contribution in [-0.4, -0.2) is 4.57 Å². The summed E-state index contributed by atoms with van der Waals surface area (Å²) < 4.78 is 9.52. The summed E-state index contributed by atoms with van der Waals surface area (Å²) >= 11 is 0. The van der Waals surface area contributed by atoms with E-state index in [4.69, 9.17) is 4.42 Å². The Hall–Kier alpha value is -10.5. The first-order valence-electron chi connectivity index (χ1n) is 27.1. The molecule has 79 heavy (non-hydrogen) atoms. The van der Waals surface area contributed by atoms with Crippen molar-refractivity contribution in [2.75, 3.05) is 4.90 Å². The third kappa shape index (κ3) is 7.21. The fourth-order valence-electron chi connectivity index (χ4n) is 12.7. The summed E-state index contributed by atoms with van der Waals surface area (Å²) in [4.78, 5) is 2.46. The number of para-hydroxylation sites is 2. The van der Waals surface area contributed by atoms with Crippen molar-refractivity contribution >= 4 is 104 Å². The van der Waals surface area contributed by atoms with Crippen LogP contribution in [0.15, 0.2) is 296 Å². The molecule has 2 aromatic heterocycles. The maximum absolute atomic E-state index is 7.06. The average molecular weight is 1010 g/mol. The fraction of sp³-hybridized carbons (Fsp3) is 0.